The molecular weight excluding hydrogens is 366 g/mol. The van der Waals surface area contributed by atoms with Crippen LogP contribution in [0.15, 0.2) is 60.8 Å². The van der Waals surface area contributed by atoms with Crippen LogP contribution in [0.2, 0.25) is 0 Å². The highest BCUT2D eigenvalue weighted by molar-refractivity contribution is 5.37. The lowest BCUT2D eigenvalue weighted by Gasteiger charge is -2.15. The van der Waals surface area contributed by atoms with Gasteiger partial charge in [-0.2, -0.15) is 5.26 Å². The number of aromatic nitrogens is 1. The molecule has 1 aromatic heterocycles. The second-order valence-corrected chi connectivity index (χ2v) is 5.86. The summed E-state index contributed by atoms with van der Waals surface area (Å²) in [7, 11) is 0. The maximum absolute atomic E-state index is 13.2. The predicted octanol–water partition coefficient (Wildman–Crippen LogP) is 4.87. The maximum Gasteiger partial charge on any atom is 0.232 e. The second-order valence-electron chi connectivity index (χ2n) is 5.86. The number of ether oxygens (including phenoxy) is 3. The van der Waals surface area contributed by atoms with E-state index in [2.05, 4.69) is 4.98 Å². The summed E-state index contributed by atoms with van der Waals surface area (Å²) in [5.41, 5.74) is 0.355. The zero-order valence-electron chi connectivity index (χ0n) is 14.9. The quantitative estimate of drug-likeness (QED) is 0.583. The highest BCUT2D eigenvalue weighted by Gasteiger charge is 2.10. The van der Waals surface area contributed by atoms with Gasteiger partial charge in [0.2, 0.25) is 5.88 Å². The van der Waals surface area contributed by atoms with E-state index < -0.39 is 11.6 Å². The number of rotatable bonds is 7. The van der Waals surface area contributed by atoms with Gasteiger partial charge in [0.05, 0.1) is 0 Å². The Balaban J connectivity index is 1.54. The molecule has 1 heterocycles. The van der Waals surface area contributed by atoms with Crippen LogP contribution in [-0.4, -0.2) is 17.7 Å². The molecule has 3 aromatic rings. The third kappa shape index (κ3) is 4.95. The average Bonchev–Trinajstić information content (AvgIpc) is 2.71. The number of hydrogen-bond acceptors (Lipinski definition) is 5. The van der Waals surface area contributed by atoms with Gasteiger partial charge < -0.3 is 14.2 Å². The van der Waals surface area contributed by atoms with Crippen molar-refractivity contribution in [3.05, 3.63) is 78.0 Å². The molecule has 2 aromatic carbocycles. The Morgan fingerprint density at radius 2 is 1.71 bits per heavy atom. The van der Waals surface area contributed by atoms with Crippen molar-refractivity contribution in [2.75, 3.05) is 6.61 Å². The highest BCUT2D eigenvalue weighted by atomic mass is 19.2. The molecule has 1 atom stereocenters. The lowest BCUT2D eigenvalue weighted by molar-refractivity contribution is 0.138. The first-order valence-electron chi connectivity index (χ1n) is 8.42. The number of pyridine rings is 1. The molecule has 0 saturated heterocycles. The molecule has 1 unspecified atom stereocenters. The van der Waals surface area contributed by atoms with E-state index in [9.17, 15) is 8.78 Å². The van der Waals surface area contributed by atoms with Crippen LogP contribution in [0.1, 0.15) is 12.5 Å². The molecule has 28 heavy (non-hydrogen) atoms. The summed E-state index contributed by atoms with van der Waals surface area (Å²) in [6.07, 6.45) is 1.22. The lowest BCUT2D eigenvalue weighted by Crippen LogP contribution is -2.22. The van der Waals surface area contributed by atoms with Crippen molar-refractivity contribution >= 4 is 0 Å². The Labute approximate surface area is 160 Å². The van der Waals surface area contributed by atoms with Crippen LogP contribution in [0.4, 0.5) is 8.78 Å². The van der Waals surface area contributed by atoms with Gasteiger partial charge in [-0.3, -0.25) is 0 Å². The number of hydrogen-bond donors (Lipinski definition) is 0. The normalized spacial score (nSPS) is 11.4. The van der Waals surface area contributed by atoms with E-state index in [0.717, 1.165) is 12.1 Å². The molecule has 0 aliphatic heterocycles. The minimum atomic E-state index is -0.973. The van der Waals surface area contributed by atoms with E-state index in [0.29, 0.717) is 17.1 Å². The smallest absolute Gasteiger partial charge is 0.232 e. The monoisotopic (exact) mass is 382 g/mol. The van der Waals surface area contributed by atoms with E-state index in [1.165, 1.54) is 6.07 Å². The zero-order chi connectivity index (χ0) is 19.9. The Bertz CT molecular complexity index is 988. The van der Waals surface area contributed by atoms with Crippen LogP contribution < -0.4 is 14.2 Å². The van der Waals surface area contributed by atoms with Crippen LogP contribution in [0, 0.1) is 23.0 Å². The van der Waals surface area contributed by atoms with Gasteiger partial charge in [0, 0.05) is 12.3 Å². The van der Waals surface area contributed by atoms with E-state index in [1.54, 1.807) is 49.5 Å². The molecule has 0 amide bonds. The lowest BCUT2D eigenvalue weighted by atomic mass is 10.3. The Hall–Kier alpha value is -3.66. The third-order valence-electron chi connectivity index (χ3n) is 3.64. The molecule has 0 aliphatic rings. The number of nitrogens with zero attached hydrogens (tertiary/aromatic N) is 2. The van der Waals surface area contributed by atoms with Crippen LogP contribution in [0.3, 0.4) is 0 Å². The Morgan fingerprint density at radius 3 is 2.43 bits per heavy atom. The van der Waals surface area contributed by atoms with E-state index in [4.69, 9.17) is 19.5 Å². The Morgan fingerprint density at radius 1 is 1.00 bits per heavy atom. The minimum absolute atomic E-state index is 0.193. The molecular formula is C21H16F2N2O3. The van der Waals surface area contributed by atoms with Crippen molar-refractivity contribution in [1.82, 2.24) is 4.98 Å². The number of benzene rings is 2. The van der Waals surface area contributed by atoms with Gasteiger partial charge in [0.1, 0.15) is 41.6 Å². The highest BCUT2D eigenvalue weighted by Crippen LogP contribution is 2.25. The van der Waals surface area contributed by atoms with Gasteiger partial charge in [-0.15, -0.1) is 0 Å². The minimum Gasteiger partial charge on any atom is -0.490 e. The summed E-state index contributed by atoms with van der Waals surface area (Å²) in [4.78, 5) is 4.04. The largest absolute Gasteiger partial charge is 0.490 e. The van der Waals surface area contributed by atoms with Crippen molar-refractivity contribution < 1.29 is 23.0 Å². The van der Waals surface area contributed by atoms with E-state index in [-0.39, 0.29) is 24.3 Å². The summed E-state index contributed by atoms with van der Waals surface area (Å²) in [6, 6.07) is 15.3. The van der Waals surface area contributed by atoms with E-state index in [1.807, 2.05) is 6.07 Å². The van der Waals surface area contributed by atoms with Crippen LogP contribution in [0.5, 0.6) is 23.1 Å². The summed E-state index contributed by atoms with van der Waals surface area (Å²) < 4.78 is 42.9. The van der Waals surface area contributed by atoms with Crippen molar-refractivity contribution in [1.29, 1.82) is 5.26 Å². The molecule has 5 nitrogen and oxygen atoms in total. The first-order chi connectivity index (χ1) is 13.5. The summed E-state index contributed by atoms with van der Waals surface area (Å²) in [5, 5.41) is 9.05. The van der Waals surface area contributed by atoms with Crippen molar-refractivity contribution in [2.24, 2.45) is 0 Å². The first-order valence-corrected chi connectivity index (χ1v) is 8.42. The third-order valence-corrected chi connectivity index (χ3v) is 3.64. The van der Waals surface area contributed by atoms with Gasteiger partial charge >= 0.3 is 0 Å². The molecule has 0 saturated carbocycles. The molecule has 0 radical (unpaired) electrons. The molecule has 0 fully saturated rings. The van der Waals surface area contributed by atoms with Crippen molar-refractivity contribution in [3.63, 3.8) is 0 Å². The van der Waals surface area contributed by atoms with Gasteiger partial charge in [-0.1, -0.05) is 0 Å². The topological polar surface area (TPSA) is 64.4 Å². The fourth-order valence-electron chi connectivity index (χ4n) is 2.29. The van der Waals surface area contributed by atoms with Crippen LogP contribution >= 0.6 is 0 Å². The summed E-state index contributed by atoms with van der Waals surface area (Å²) in [6.45, 7) is 2.04. The SMILES string of the molecule is CC(COc1ccc(Oc2ccc(F)c(F)c2)cc1)Oc1ncccc1C#N. The molecule has 7 heteroatoms. The van der Waals surface area contributed by atoms with Crippen LogP contribution in [-0.2, 0) is 0 Å². The predicted molar refractivity (Wildman–Crippen MR) is 97.4 cm³/mol. The van der Waals surface area contributed by atoms with Crippen LogP contribution in [0.25, 0.3) is 0 Å². The fourth-order valence-corrected chi connectivity index (χ4v) is 2.29. The van der Waals surface area contributed by atoms with Gasteiger partial charge in [-0.25, -0.2) is 13.8 Å². The average molecular weight is 382 g/mol. The number of nitriles is 1. The molecule has 142 valence electrons. The molecule has 0 N–H and O–H groups in total. The summed E-state index contributed by atoms with van der Waals surface area (Å²) >= 11 is 0. The second kappa shape index (κ2) is 8.82. The van der Waals surface area contributed by atoms with Gasteiger partial charge in [0.15, 0.2) is 11.6 Å². The first kappa shape index (κ1) is 19.1. The van der Waals surface area contributed by atoms with Crippen molar-refractivity contribution in [3.8, 4) is 29.2 Å². The standard InChI is InChI=1S/C21H16F2N2O3/c1-14(27-21-15(12-24)3-2-10-25-21)13-26-16-4-6-17(7-5-16)28-18-8-9-19(22)20(23)11-18/h2-11,14H,13H2,1H3. The number of halogens is 2. The van der Waals surface area contributed by atoms with Crippen molar-refractivity contribution in [2.45, 2.75) is 13.0 Å². The van der Waals surface area contributed by atoms with Gasteiger partial charge in [-0.05, 0) is 55.5 Å². The van der Waals surface area contributed by atoms with Gasteiger partial charge in [0.25, 0.3) is 0 Å². The molecule has 3 rings (SSSR count). The fraction of sp³-hybridized carbons (Fsp3) is 0.143. The zero-order valence-corrected chi connectivity index (χ0v) is 14.9. The molecule has 0 bridgehead atoms. The Kier molecular flexibility index (Phi) is 6.02. The van der Waals surface area contributed by atoms with E-state index >= 15 is 0 Å². The molecule has 0 aliphatic carbocycles. The molecule has 0 spiro atoms. The summed E-state index contributed by atoms with van der Waals surface area (Å²) in [5.74, 6) is -0.419. The maximum atomic E-state index is 13.2.